The average molecular weight is 377 g/mol. The van der Waals surface area contributed by atoms with Gasteiger partial charge in [0.05, 0.1) is 24.6 Å². The summed E-state index contributed by atoms with van der Waals surface area (Å²) in [4.78, 5) is 11.6. The van der Waals surface area contributed by atoms with E-state index in [1.807, 2.05) is 37.3 Å². The van der Waals surface area contributed by atoms with Gasteiger partial charge in [-0.15, -0.1) is 11.7 Å². The van der Waals surface area contributed by atoms with Gasteiger partial charge in [-0.05, 0) is 53.6 Å². The standard InChI is InChI=1S/C22H23N3O3/c1-3-10-25-19-8-7-16(13(2)22(19)23-24-25)17(12-21(27)28)15-5-4-14-6-9-20(26)18(14)11-15/h3-5,7-8,11,17,20,26H,1,6,9-10,12H2,2H3,(H,27,28). The van der Waals surface area contributed by atoms with Crippen LogP contribution in [0.5, 0.6) is 0 Å². The van der Waals surface area contributed by atoms with Crippen LogP contribution >= 0.6 is 0 Å². The van der Waals surface area contributed by atoms with Crippen LogP contribution in [0, 0.1) is 6.92 Å². The summed E-state index contributed by atoms with van der Waals surface area (Å²) in [6, 6.07) is 9.89. The van der Waals surface area contributed by atoms with Crippen LogP contribution < -0.4 is 0 Å². The number of allylic oxidation sites excluding steroid dienone is 1. The van der Waals surface area contributed by atoms with Gasteiger partial charge in [0.25, 0.3) is 0 Å². The number of aromatic nitrogens is 3. The second kappa shape index (κ2) is 7.20. The number of aryl methyl sites for hydroxylation is 2. The third-order valence-electron chi connectivity index (χ3n) is 5.66. The largest absolute Gasteiger partial charge is 0.481 e. The Kier molecular flexibility index (Phi) is 4.73. The summed E-state index contributed by atoms with van der Waals surface area (Å²) >= 11 is 0. The lowest BCUT2D eigenvalue weighted by molar-refractivity contribution is -0.137. The number of hydrogen-bond donors (Lipinski definition) is 2. The third-order valence-corrected chi connectivity index (χ3v) is 5.66. The first-order chi connectivity index (χ1) is 13.5. The second-order valence-corrected chi connectivity index (χ2v) is 7.37. The number of aliphatic hydroxyl groups is 1. The minimum absolute atomic E-state index is 0.0258. The maximum atomic E-state index is 11.6. The van der Waals surface area contributed by atoms with Crippen molar-refractivity contribution >= 4 is 17.0 Å². The number of fused-ring (bicyclic) bond motifs is 2. The van der Waals surface area contributed by atoms with Crippen molar-refractivity contribution in [3.8, 4) is 0 Å². The first-order valence-electron chi connectivity index (χ1n) is 9.45. The lowest BCUT2D eigenvalue weighted by Crippen LogP contribution is -2.10. The van der Waals surface area contributed by atoms with Crippen molar-refractivity contribution in [1.82, 2.24) is 15.0 Å². The molecule has 144 valence electrons. The van der Waals surface area contributed by atoms with E-state index in [0.29, 0.717) is 6.54 Å². The van der Waals surface area contributed by atoms with Crippen molar-refractivity contribution in [3.05, 3.63) is 70.8 Å². The molecule has 1 aromatic heterocycles. The third kappa shape index (κ3) is 3.10. The van der Waals surface area contributed by atoms with Crippen molar-refractivity contribution in [2.24, 2.45) is 0 Å². The molecule has 6 heteroatoms. The number of carbonyl (C=O) groups is 1. The molecule has 28 heavy (non-hydrogen) atoms. The second-order valence-electron chi connectivity index (χ2n) is 7.37. The number of aliphatic hydroxyl groups excluding tert-OH is 1. The monoisotopic (exact) mass is 377 g/mol. The zero-order valence-electron chi connectivity index (χ0n) is 15.8. The van der Waals surface area contributed by atoms with Crippen LogP contribution in [0.4, 0.5) is 0 Å². The molecule has 0 saturated heterocycles. The predicted molar refractivity (Wildman–Crippen MR) is 106 cm³/mol. The zero-order chi connectivity index (χ0) is 19.8. The lowest BCUT2D eigenvalue weighted by Gasteiger charge is -2.20. The summed E-state index contributed by atoms with van der Waals surface area (Å²) in [5, 5.41) is 28.3. The molecular formula is C22H23N3O3. The highest BCUT2D eigenvalue weighted by Gasteiger charge is 2.26. The number of carboxylic acids is 1. The van der Waals surface area contributed by atoms with Crippen molar-refractivity contribution in [3.63, 3.8) is 0 Å². The number of rotatable bonds is 6. The van der Waals surface area contributed by atoms with Gasteiger partial charge in [-0.2, -0.15) is 0 Å². The van der Waals surface area contributed by atoms with E-state index in [1.54, 1.807) is 10.8 Å². The predicted octanol–water partition coefficient (Wildman–Crippen LogP) is 3.51. The van der Waals surface area contributed by atoms with E-state index in [4.69, 9.17) is 0 Å². The minimum Gasteiger partial charge on any atom is -0.481 e. The molecular weight excluding hydrogens is 354 g/mol. The molecule has 0 amide bonds. The Morgan fingerprint density at radius 3 is 2.96 bits per heavy atom. The molecule has 1 heterocycles. The lowest BCUT2D eigenvalue weighted by atomic mass is 9.84. The molecule has 2 unspecified atom stereocenters. The molecule has 0 fully saturated rings. The highest BCUT2D eigenvalue weighted by molar-refractivity contribution is 5.80. The molecule has 2 aromatic carbocycles. The van der Waals surface area contributed by atoms with Crippen molar-refractivity contribution in [1.29, 1.82) is 0 Å². The Bertz CT molecular complexity index is 1070. The van der Waals surface area contributed by atoms with E-state index >= 15 is 0 Å². The van der Waals surface area contributed by atoms with Gasteiger partial charge in [-0.3, -0.25) is 4.79 Å². The molecule has 6 nitrogen and oxygen atoms in total. The molecule has 0 radical (unpaired) electrons. The Morgan fingerprint density at radius 1 is 1.39 bits per heavy atom. The first-order valence-corrected chi connectivity index (χ1v) is 9.45. The Balaban J connectivity index is 1.82. The van der Waals surface area contributed by atoms with Crippen LogP contribution in [0.1, 0.15) is 52.7 Å². The first kappa shape index (κ1) is 18.4. The maximum Gasteiger partial charge on any atom is 0.304 e. The van der Waals surface area contributed by atoms with Crippen LogP contribution in [0.2, 0.25) is 0 Å². The Morgan fingerprint density at radius 2 is 2.21 bits per heavy atom. The molecule has 0 saturated carbocycles. The molecule has 2 N–H and O–H groups in total. The van der Waals surface area contributed by atoms with E-state index in [9.17, 15) is 15.0 Å². The number of benzene rings is 2. The van der Waals surface area contributed by atoms with E-state index in [-0.39, 0.29) is 12.3 Å². The molecule has 4 rings (SSSR count). The van der Waals surface area contributed by atoms with Crippen LogP contribution in [0.15, 0.2) is 43.0 Å². The molecule has 0 bridgehead atoms. The number of aliphatic carboxylic acids is 1. The van der Waals surface area contributed by atoms with Crippen LogP contribution in [-0.2, 0) is 17.8 Å². The van der Waals surface area contributed by atoms with Gasteiger partial charge >= 0.3 is 5.97 Å². The molecule has 0 aliphatic heterocycles. The average Bonchev–Trinajstić information content (AvgIpc) is 3.25. The van der Waals surface area contributed by atoms with Gasteiger partial charge in [-0.1, -0.05) is 35.6 Å². The molecule has 2 atom stereocenters. The molecule has 0 spiro atoms. The van der Waals surface area contributed by atoms with Crippen LogP contribution in [0.3, 0.4) is 0 Å². The summed E-state index contributed by atoms with van der Waals surface area (Å²) in [7, 11) is 0. The van der Waals surface area contributed by atoms with Gasteiger partial charge in [0, 0.05) is 5.92 Å². The SMILES string of the molecule is C=CCn1nnc2c(C)c(C(CC(=O)O)c3ccc4c(c3)C(O)CC4)ccc21. The van der Waals surface area contributed by atoms with E-state index in [0.717, 1.165) is 51.7 Å². The highest BCUT2D eigenvalue weighted by Crippen LogP contribution is 2.38. The summed E-state index contributed by atoms with van der Waals surface area (Å²) in [6.07, 6.45) is 2.85. The van der Waals surface area contributed by atoms with Gasteiger partial charge in [0.2, 0.25) is 0 Å². The highest BCUT2D eigenvalue weighted by atomic mass is 16.4. The Labute approximate surface area is 163 Å². The fourth-order valence-corrected chi connectivity index (χ4v) is 4.22. The fourth-order valence-electron chi connectivity index (χ4n) is 4.22. The summed E-state index contributed by atoms with van der Waals surface area (Å²) in [5.74, 6) is -1.18. The maximum absolute atomic E-state index is 11.6. The van der Waals surface area contributed by atoms with Crippen LogP contribution in [0.25, 0.3) is 11.0 Å². The summed E-state index contributed by atoms with van der Waals surface area (Å²) in [6.45, 7) is 6.27. The number of hydrogen-bond acceptors (Lipinski definition) is 4. The molecule has 1 aliphatic rings. The zero-order valence-corrected chi connectivity index (χ0v) is 15.8. The normalized spacial score (nSPS) is 16.9. The van der Waals surface area contributed by atoms with Crippen molar-refractivity contribution in [2.45, 2.75) is 44.8 Å². The summed E-state index contributed by atoms with van der Waals surface area (Å²) in [5.41, 5.74) is 6.50. The van der Waals surface area contributed by atoms with E-state index < -0.39 is 12.1 Å². The number of nitrogens with zero attached hydrogens (tertiary/aromatic N) is 3. The van der Waals surface area contributed by atoms with Gasteiger partial charge in [0.1, 0.15) is 5.52 Å². The quantitative estimate of drug-likeness (QED) is 0.642. The van der Waals surface area contributed by atoms with E-state index in [1.165, 1.54) is 0 Å². The fraction of sp³-hybridized carbons (Fsp3) is 0.318. The smallest absolute Gasteiger partial charge is 0.304 e. The van der Waals surface area contributed by atoms with Crippen molar-refractivity contribution < 1.29 is 15.0 Å². The van der Waals surface area contributed by atoms with Gasteiger partial charge in [-0.25, -0.2) is 4.68 Å². The number of carboxylic acid groups (broad SMARTS) is 1. The molecule has 1 aliphatic carbocycles. The minimum atomic E-state index is -0.860. The van der Waals surface area contributed by atoms with Gasteiger partial charge < -0.3 is 10.2 Å². The molecule has 3 aromatic rings. The summed E-state index contributed by atoms with van der Waals surface area (Å²) < 4.78 is 1.77. The van der Waals surface area contributed by atoms with E-state index in [2.05, 4.69) is 16.9 Å². The van der Waals surface area contributed by atoms with Crippen molar-refractivity contribution in [2.75, 3.05) is 0 Å². The van der Waals surface area contributed by atoms with Gasteiger partial charge in [0.15, 0.2) is 0 Å². The topological polar surface area (TPSA) is 88.2 Å². The Hall–Kier alpha value is -2.99. The van der Waals surface area contributed by atoms with Crippen LogP contribution in [-0.4, -0.2) is 31.2 Å².